The summed E-state index contributed by atoms with van der Waals surface area (Å²) in [6.07, 6.45) is 0. The number of carbonyl (C=O) groups excluding carboxylic acids is 3. The van der Waals surface area contributed by atoms with E-state index in [1.807, 2.05) is 10.3 Å². The van der Waals surface area contributed by atoms with Crippen molar-refractivity contribution in [3.8, 4) is 0 Å². The Hall–Kier alpha value is -2.95. The van der Waals surface area contributed by atoms with E-state index in [4.69, 9.17) is 11.6 Å². The highest BCUT2D eigenvalue weighted by Crippen LogP contribution is 2.15. The van der Waals surface area contributed by atoms with Crippen molar-refractivity contribution >= 4 is 50.7 Å². The van der Waals surface area contributed by atoms with Crippen LogP contribution >= 0.6 is 11.6 Å². The van der Waals surface area contributed by atoms with Crippen molar-refractivity contribution in [2.45, 2.75) is 11.8 Å². The lowest BCUT2D eigenvalue weighted by atomic mass is 10.3. The maximum absolute atomic E-state index is 12.1. The van der Waals surface area contributed by atoms with Gasteiger partial charge in [0.15, 0.2) is 0 Å². The van der Waals surface area contributed by atoms with Gasteiger partial charge in [-0.2, -0.15) is 0 Å². The molecule has 0 bridgehead atoms. The third-order valence-corrected chi connectivity index (χ3v) is 4.57. The first kappa shape index (κ1) is 20.4. The first-order chi connectivity index (χ1) is 12.7. The van der Waals surface area contributed by atoms with Gasteiger partial charge in [0.25, 0.3) is 10.0 Å². The molecule has 2 aromatic rings. The molecule has 0 saturated heterocycles. The minimum Gasteiger partial charge on any atom is -0.326 e. The second kappa shape index (κ2) is 8.62. The Morgan fingerprint density at radius 2 is 1.56 bits per heavy atom. The Balaban J connectivity index is 1.96. The number of hydrazine groups is 1. The Bertz CT molecular complexity index is 977. The van der Waals surface area contributed by atoms with Crippen LogP contribution in [0.25, 0.3) is 0 Å². The van der Waals surface area contributed by atoms with Crippen LogP contribution in [0.15, 0.2) is 53.4 Å². The topological polar surface area (TPSA) is 133 Å². The number of rotatable bonds is 5. The summed E-state index contributed by atoms with van der Waals surface area (Å²) < 4.78 is 24.3. The molecule has 3 amide bonds. The molecule has 0 fully saturated rings. The van der Waals surface area contributed by atoms with Gasteiger partial charge in [-0.3, -0.25) is 19.8 Å². The maximum Gasteiger partial charge on any atom is 0.324 e. The van der Waals surface area contributed by atoms with E-state index in [1.54, 1.807) is 12.1 Å². The smallest absolute Gasteiger partial charge is 0.324 e. The van der Waals surface area contributed by atoms with Crippen LogP contribution in [-0.2, 0) is 24.4 Å². The highest BCUT2D eigenvalue weighted by molar-refractivity contribution is 7.89. The van der Waals surface area contributed by atoms with Crippen LogP contribution in [0.3, 0.4) is 0 Å². The van der Waals surface area contributed by atoms with Gasteiger partial charge in [-0.05, 0) is 42.5 Å². The number of nitrogens with one attached hydrogen (secondary N) is 4. The van der Waals surface area contributed by atoms with Gasteiger partial charge in [0.2, 0.25) is 5.91 Å². The Morgan fingerprint density at radius 1 is 0.889 bits per heavy atom. The van der Waals surface area contributed by atoms with Crippen molar-refractivity contribution < 1.29 is 22.8 Å². The zero-order chi connectivity index (χ0) is 20.0. The van der Waals surface area contributed by atoms with Gasteiger partial charge in [-0.25, -0.2) is 8.42 Å². The average Bonchev–Trinajstić information content (AvgIpc) is 2.59. The van der Waals surface area contributed by atoms with Gasteiger partial charge >= 0.3 is 11.8 Å². The van der Waals surface area contributed by atoms with Gasteiger partial charge in [-0.15, -0.1) is 4.83 Å². The van der Waals surface area contributed by atoms with Crippen molar-refractivity contribution in [3.05, 3.63) is 53.6 Å². The van der Waals surface area contributed by atoms with E-state index < -0.39 is 21.8 Å². The van der Waals surface area contributed by atoms with Crippen LogP contribution in [0.1, 0.15) is 6.92 Å². The molecule has 0 spiro atoms. The summed E-state index contributed by atoms with van der Waals surface area (Å²) in [7, 11) is -4.11. The summed E-state index contributed by atoms with van der Waals surface area (Å²) in [6, 6.07) is 11.3. The zero-order valence-corrected chi connectivity index (χ0v) is 15.5. The molecule has 0 unspecified atom stereocenters. The third kappa shape index (κ3) is 6.06. The first-order valence-corrected chi connectivity index (χ1v) is 9.30. The number of halogens is 1. The van der Waals surface area contributed by atoms with Gasteiger partial charge < -0.3 is 10.6 Å². The van der Waals surface area contributed by atoms with E-state index in [9.17, 15) is 22.8 Å². The van der Waals surface area contributed by atoms with E-state index in [-0.39, 0.29) is 16.5 Å². The fraction of sp³-hybridized carbons (Fsp3) is 0.0625. The van der Waals surface area contributed by atoms with Crippen molar-refractivity contribution in [1.82, 2.24) is 10.3 Å². The summed E-state index contributed by atoms with van der Waals surface area (Å²) >= 11 is 5.77. The van der Waals surface area contributed by atoms with Crippen LogP contribution in [0.4, 0.5) is 11.4 Å². The van der Waals surface area contributed by atoms with Crippen LogP contribution in [-0.4, -0.2) is 26.1 Å². The fourth-order valence-electron chi connectivity index (χ4n) is 1.90. The molecule has 0 aliphatic heterocycles. The molecule has 142 valence electrons. The number of amides is 3. The summed E-state index contributed by atoms with van der Waals surface area (Å²) in [5.74, 6) is -2.60. The molecule has 2 rings (SSSR count). The highest BCUT2D eigenvalue weighted by Gasteiger charge is 2.19. The molecule has 4 N–H and O–H groups in total. The third-order valence-electron chi connectivity index (χ3n) is 3.07. The lowest BCUT2D eigenvalue weighted by molar-refractivity contribution is -0.136. The van der Waals surface area contributed by atoms with E-state index in [0.717, 1.165) is 0 Å². The Kier molecular flexibility index (Phi) is 6.50. The van der Waals surface area contributed by atoms with Gasteiger partial charge in [-0.1, -0.05) is 17.7 Å². The number of hydrogen-bond donors (Lipinski definition) is 4. The van der Waals surface area contributed by atoms with Crippen LogP contribution in [0.2, 0.25) is 5.02 Å². The second-order valence-electron chi connectivity index (χ2n) is 5.23. The fourth-order valence-corrected chi connectivity index (χ4v) is 2.93. The SMILES string of the molecule is CC(=O)Nc1ccc(S(=O)(=O)NNC(=O)C(=O)Nc2cccc(Cl)c2)cc1. The van der Waals surface area contributed by atoms with E-state index in [2.05, 4.69) is 10.6 Å². The summed E-state index contributed by atoms with van der Waals surface area (Å²) in [5.41, 5.74) is 2.50. The molecule has 0 atom stereocenters. The lowest BCUT2D eigenvalue weighted by Crippen LogP contribution is -2.46. The van der Waals surface area contributed by atoms with Crippen LogP contribution < -0.4 is 20.9 Å². The molecule has 0 heterocycles. The molecular weight excluding hydrogens is 396 g/mol. The predicted molar refractivity (Wildman–Crippen MR) is 99.3 cm³/mol. The van der Waals surface area contributed by atoms with E-state index in [0.29, 0.717) is 10.7 Å². The quantitative estimate of drug-likeness (QED) is 0.434. The first-order valence-electron chi connectivity index (χ1n) is 7.44. The lowest BCUT2D eigenvalue weighted by Gasteiger charge is -2.09. The van der Waals surface area contributed by atoms with Crippen molar-refractivity contribution in [2.24, 2.45) is 0 Å². The molecule has 2 aromatic carbocycles. The minimum atomic E-state index is -4.11. The normalized spacial score (nSPS) is 10.7. The molecule has 9 nitrogen and oxygen atoms in total. The van der Waals surface area contributed by atoms with Crippen molar-refractivity contribution in [2.75, 3.05) is 10.6 Å². The minimum absolute atomic E-state index is 0.174. The molecule has 0 radical (unpaired) electrons. The maximum atomic E-state index is 12.1. The van der Waals surface area contributed by atoms with E-state index >= 15 is 0 Å². The van der Waals surface area contributed by atoms with Crippen LogP contribution in [0.5, 0.6) is 0 Å². The Morgan fingerprint density at radius 3 is 2.15 bits per heavy atom. The molecule has 0 aliphatic carbocycles. The largest absolute Gasteiger partial charge is 0.326 e. The van der Waals surface area contributed by atoms with E-state index in [1.165, 1.54) is 43.3 Å². The van der Waals surface area contributed by atoms with Crippen molar-refractivity contribution in [1.29, 1.82) is 0 Å². The van der Waals surface area contributed by atoms with Gasteiger partial charge in [0, 0.05) is 23.3 Å². The van der Waals surface area contributed by atoms with Gasteiger partial charge in [0.05, 0.1) is 4.90 Å². The summed E-state index contributed by atoms with van der Waals surface area (Å²) in [5, 5.41) is 5.12. The number of hydrogen-bond acceptors (Lipinski definition) is 5. The Labute approximate surface area is 160 Å². The van der Waals surface area contributed by atoms with Crippen LogP contribution in [0, 0.1) is 0 Å². The summed E-state index contributed by atoms with van der Waals surface area (Å²) in [4.78, 5) is 36.1. The number of benzene rings is 2. The van der Waals surface area contributed by atoms with Gasteiger partial charge in [0.1, 0.15) is 0 Å². The monoisotopic (exact) mass is 410 g/mol. The average molecular weight is 411 g/mol. The predicted octanol–water partition coefficient (Wildman–Crippen LogP) is 1.25. The number of anilines is 2. The summed E-state index contributed by atoms with van der Waals surface area (Å²) in [6.45, 7) is 1.32. The molecule has 11 heteroatoms. The molecular formula is C16H15ClN4O5S. The number of sulfonamides is 1. The molecule has 0 aromatic heterocycles. The highest BCUT2D eigenvalue weighted by atomic mass is 35.5. The molecule has 27 heavy (non-hydrogen) atoms. The molecule has 0 saturated carbocycles. The zero-order valence-electron chi connectivity index (χ0n) is 13.9. The standard InChI is InChI=1S/C16H15ClN4O5S/c1-10(22)18-12-5-7-14(8-6-12)27(25,26)21-20-16(24)15(23)19-13-4-2-3-11(17)9-13/h2-9,21H,1H3,(H,18,22)(H,19,23)(H,20,24). The van der Waals surface area contributed by atoms with Crippen molar-refractivity contribution in [3.63, 3.8) is 0 Å². The molecule has 0 aliphatic rings. The number of carbonyl (C=O) groups is 3. The second-order valence-corrected chi connectivity index (χ2v) is 7.35.